The minimum Gasteiger partial charge on any atom is -0.488 e. The van der Waals surface area contributed by atoms with Crippen molar-refractivity contribution in [2.45, 2.75) is 33.3 Å². The number of hydrogen-bond acceptors (Lipinski definition) is 2. The first-order valence-corrected chi connectivity index (χ1v) is 4.82. The van der Waals surface area contributed by atoms with Crippen molar-refractivity contribution in [2.75, 3.05) is 0 Å². The van der Waals surface area contributed by atoms with Gasteiger partial charge in [0.25, 0.3) is 0 Å². The molecular weight excluding hydrogens is 192 g/mol. The van der Waals surface area contributed by atoms with Gasteiger partial charge < -0.3 is 9.84 Å². The maximum absolute atomic E-state index is 10.8. The highest BCUT2D eigenvalue weighted by Crippen LogP contribution is 2.21. The second-order valence-electron chi connectivity index (χ2n) is 4.50. The predicted molar refractivity (Wildman–Crippen MR) is 58.5 cm³/mol. The normalized spacial score (nSPS) is 11.2. The van der Waals surface area contributed by atoms with E-state index in [9.17, 15) is 4.79 Å². The summed E-state index contributed by atoms with van der Waals surface area (Å²) in [5.74, 6) is -0.209. The van der Waals surface area contributed by atoms with E-state index in [4.69, 9.17) is 9.84 Å². The molecule has 1 aromatic rings. The summed E-state index contributed by atoms with van der Waals surface area (Å²) >= 11 is 0. The number of carbonyl (C=O) groups is 1. The van der Waals surface area contributed by atoms with E-state index in [1.165, 1.54) is 0 Å². The SMILES string of the molecule is Cc1cc(OC(C)(C)C)ccc1C(=O)O. The van der Waals surface area contributed by atoms with Gasteiger partial charge in [0.1, 0.15) is 11.4 Å². The van der Waals surface area contributed by atoms with E-state index in [-0.39, 0.29) is 5.60 Å². The van der Waals surface area contributed by atoms with Crippen LogP contribution in [0.4, 0.5) is 0 Å². The summed E-state index contributed by atoms with van der Waals surface area (Å²) in [6, 6.07) is 5.00. The fourth-order valence-corrected chi connectivity index (χ4v) is 1.29. The Balaban J connectivity index is 2.97. The summed E-state index contributed by atoms with van der Waals surface area (Å²) in [7, 11) is 0. The van der Waals surface area contributed by atoms with E-state index >= 15 is 0 Å². The van der Waals surface area contributed by atoms with Gasteiger partial charge in [-0.05, 0) is 51.5 Å². The number of benzene rings is 1. The van der Waals surface area contributed by atoms with Crippen molar-refractivity contribution in [2.24, 2.45) is 0 Å². The molecule has 1 N–H and O–H groups in total. The molecule has 1 aromatic carbocycles. The van der Waals surface area contributed by atoms with Gasteiger partial charge in [-0.3, -0.25) is 0 Å². The standard InChI is InChI=1S/C12H16O3/c1-8-7-9(15-12(2,3)4)5-6-10(8)11(13)14/h5-7H,1-4H3,(H,13,14). The summed E-state index contributed by atoms with van der Waals surface area (Å²) < 4.78 is 5.62. The molecule has 0 unspecified atom stereocenters. The van der Waals surface area contributed by atoms with Crippen LogP contribution in [0.15, 0.2) is 18.2 Å². The Kier molecular flexibility index (Phi) is 3.03. The number of ether oxygens (including phenoxy) is 1. The van der Waals surface area contributed by atoms with Crippen LogP contribution in [0, 0.1) is 6.92 Å². The zero-order chi connectivity index (χ0) is 11.6. The predicted octanol–water partition coefficient (Wildman–Crippen LogP) is 2.87. The van der Waals surface area contributed by atoms with E-state index < -0.39 is 5.97 Å². The van der Waals surface area contributed by atoms with Crippen molar-refractivity contribution in [1.29, 1.82) is 0 Å². The summed E-state index contributed by atoms with van der Waals surface area (Å²) in [5, 5.41) is 8.85. The maximum Gasteiger partial charge on any atom is 0.335 e. The summed E-state index contributed by atoms with van der Waals surface area (Å²) in [4.78, 5) is 10.8. The smallest absolute Gasteiger partial charge is 0.335 e. The molecule has 0 aliphatic heterocycles. The van der Waals surface area contributed by atoms with E-state index in [2.05, 4.69) is 0 Å². The van der Waals surface area contributed by atoms with Gasteiger partial charge in [0, 0.05) is 0 Å². The average Bonchev–Trinajstić information content (AvgIpc) is 1.99. The third-order valence-corrected chi connectivity index (χ3v) is 1.85. The third kappa shape index (κ3) is 3.27. The molecule has 0 saturated heterocycles. The lowest BCUT2D eigenvalue weighted by Crippen LogP contribution is -2.23. The topological polar surface area (TPSA) is 46.5 Å². The largest absolute Gasteiger partial charge is 0.488 e. The van der Waals surface area contributed by atoms with Crippen molar-refractivity contribution in [1.82, 2.24) is 0 Å². The molecule has 1 rings (SSSR count). The Labute approximate surface area is 89.7 Å². The second kappa shape index (κ2) is 3.93. The van der Waals surface area contributed by atoms with Gasteiger partial charge in [-0.1, -0.05) is 0 Å². The Morgan fingerprint density at radius 3 is 2.33 bits per heavy atom. The fourth-order valence-electron chi connectivity index (χ4n) is 1.29. The lowest BCUT2D eigenvalue weighted by molar-refractivity contribution is 0.0696. The third-order valence-electron chi connectivity index (χ3n) is 1.85. The molecule has 0 amide bonds. The zero-order valence-electron chi connectivity index (χ0n) is 9.50. The monoisotopic (exact) mass is 208 g/mol. The van der Waals surface area contributed by atoms with E-state index in [1.807, 2.05) is 20.8 Å². The molecule has 3 heteroatoms. The zero-order valence-corrected chi connectivity index (χ0v) is 9.50. The van der Waals surface area contributed by atoms with Crippen LogP contribution in [0.3, 0.4) is 0 Å². The molecule has 0 aliphatic rings. The Bertz CT molecular complexity index is 375. The highest BCUT2D eigenvalue weighted by atomic mass is 16.5. The van der Waals surface area contributed by atoms with E-state index in [0.717, 1.165) is 0 Å². The molecule has 0 spiro atoms. The van der Waals surface area contributed by atoms with Crippen LogP contribution >= 0.6 is 0 Å². The molecule has 15 heavy (non-hydrogen) atoms. The van der Waals surface area contributed by atoms with Gasteiger partial charge in [0.2, 0.25) is 0 Å². The van der Waals surface area contributed by atoms with Crippen LogP contribution in [-0.2, 0) is 0 Å². The van der Waals surface area contributed by atoms with Gasteiger partial charge in [-0.2, -0.15) is 0 Å². The summed E-state index contributed by atoms with van der Waals surface area (Å²) in [6.45, 7) is 7.62. The van der Waals surface area contributed by atoms with Crippen molar-refractivity contribution in [3.63, 3.8) is 0 Å². The lowest BCUT2D eigenvalue weighted by atomic mass is 10.1. The van der Waals surface area contributed by atoms with Gasteiger partial charge in [-0.25, -0.2) is 4.79 Å². The molecule has 0 radical (unpaired) electrons. The Morgan fingerprint density at radius 2 is 1.93 bits per heavy atom. The summed E-state index contributed by atoms with van der Waals surface area (Å²) in [5.41, 5.74) is 0.762. The quantitative estimate of drug-likeness (QED) is 0.812. The first-order chi connectivity index (χ1) is 6.79. The molecule has 0 bridgehead atoms. The Hall–Kier alpha value is -1.51. The number of carboxylic acids is 1. The number of hydrogen-bond donors (Lipinski definition) is 1. The molecular formula is C12H16O3. The van der Waals surface area contributed by atoms with Crippen molar-refractivity contribution < 1.29 is 14.6 Å². The molecule has 0 fully saturated rings. The second-order valence-corrected chi connectivity index (χ2v) is 4.50. The van der Waals surface area contributed by atoms with Crippen LogP contribution in [0.5, 0.6) is 5.75 Å². The minimum atomic E-state index is -0.908. The van der Waals surface area contributed by atoms with Crippen molar-refractivity contribution >= 4 is 5.97 Å². The van der Waals surface area contributed by atoms with Crippen LogP contribution in [0.1, 0.15) is 36.7 Å². The highest BCUT2D eigenvalue weighted by molar-refractivity contribution is 5.89. The van der Waals surface area contributed by atoms with Gasteiger partial charge >= 0.3 is 5.97 Å². The lowest BCUT2D eigenvalue weighted by Gasteiger charge is -2.21. The van der Waals surface area contributed by atoms with Gasteiger partial charge in [0.05, 0.1) is 5.56 Å². The molecule has 0 aliphatic carbocycles. The number of aromatic carboxylic acids is 1. The minimum absolute atomic E-state index is 0.267. The molecule has 3 nitrogen and oxygen atoms in total. The van der Waals surface area contributed by atoms with E-state index in [1.54, 1.807) is 25.1 Å². The van der Waals surface area contributed by atoms with Crippen molar-refractivity contribution in [3.8, 4) is 5.75 Å². The molecule has 0 heterocycles. The fraction of sp³-hybridized carbons (Fsp3) is 0.417. The van der Waals surface area contributed by atoms with Gasteiger partial charge in [-0.15, -0.1) is 0 Å². The van der Waals surface area contributed by atoms with Crippen molar-refractivity contribution in [3.05, 3.63) is 29.3 Å². The first kappa shape index (κ1) is 11.6. The molecule has 82 valence electrons. The average molecular weight is 208 g/mol. The highest BCUT2D eigenvalue weighted by Gasteiger charge is 2.13. The first-order valence-electron chi connectivity index (χ1n) is 4.82. The number of carboxylic acid groups (broad SMARTS) is 1. The van der Waals surface area contributed by atoms with E-state index in [0.29, 0.717) is 16.9 Å². The van der Waals surface area contributed by atoms with Crippen LogP contribution in [0.2, 0.25) is 0 Å². The molecule has 0 aromatic heterocycles. The summed E-state index contributed by atoms with van der Waals surface area (Å²) in [6.07, 6.45) is 0. The number of rotatable bonds is 2. The van der Waals surface area contributed by atoms with Crippen LogP contribution < -0.4 is 4.74 Å². The van der Waals surface area contributed by atoms with Crippen LogP contribution in [-0.4, -0.2) is 16.7 Å². The van der Waals surface area contributed by atoms with Gasteiger partial charge in [0.15, 0.2) is 0 Å². The molecule has 0 atom stereocenters. The molecule has 0 saturated carbocycles. The van der Waals surface area contributed by atoms with Crippen LogP contribution in [0.25, 0.3) is 0 Å². The maximum atomic E-state index is 10.8. The number of aryl methyl sites for hydroxylation is 1. The Morgan fingerprint density at radius 1 is 1.33 bits per heavy atom.